The zero-order valence-corrected chi connectivity index (χ0v) is 13.5. The number of ether oxygens (including phenoxy) is 1. The molecule has 0 aromatic heterocycles. The number of carbonyl (C=O) groups excluding carboxylic acids is 1. The van der Waals surface area contributed by atoms with Crippen LogP contribution in [0.15, 0.2) is 42.5 Å². The Bertz CT molecular complexity index is 773. The molecule has 0 aliphatic heterocycles. The Kier molecular flexibility index (Phi) is 4.82. The molecule has 0 fully saturated rings. The maximum Gasteiger partial charge on any atom is 0.271 e. The van der Waals surface area contributed by atoms with Crippen molar-refractivity contribution in [1.29, 1.82) is 0 Å². The van der Waals surface area contributed by atoms with Crippen molar-refractivity contribution in [1.82, 2.24) is 0 Å². The Morgan fingerprint density at radius 1 is 1.21 bits per heavy atom. The van der Waals surface area contributed by atoms with E-state index in [0.717, 1.165) is 0 Å². The summed E-state index contributed by atoms with van der Waals surface area (Å²) in [6.45, 7) is 4.84. The summed E-state index contributed by atoms with van der Waals surface area (Å²) in [6.07, 6.45) is 0. The van der Waals surface area contributed by atoms with Crippen molar-refractivity contribution in [2.24, 2.45) is 0 Å². The van der Waals surface area contributed by atoms with Crippen molar-refractivity contribution in [2.45, 2.75) is 26.4 Å². The SMILES string of the molecule is Cc1ccc([N+](=O)[O-])cc1NC(=O)C(C)(C)Oc1ccc(F)cc1. The molecule has 0 aliphatic rings. The van der Waals surface area contributed by atoms with Gasteiger partial charge in [-0.1, -0.05) is 6.07 Å². The van der Waals surface area contributed by atoms with Crippen LogP contribution in [0.2, 0.25) is 0 Å². The molecule has 2 aromatic carbocycles. The zero-order chi connectivity index (χ0) is 17.9. The number of hydrogen-bond acceptors (Lipinski definition) is 4. The number of benzene rings is 2. The molecule has 7 heteroatoms. The first kappa shape index (κ1) is 17.4. The first-order chi connectivity index (χ1) is 11.2. The summed E-state index contributed by atoms with van der Waals surface area (Å²) in [7, 11) is 0. The maximum atomic E-state index is 12.9. The first-order valence-electron chi connectivity index (χ1n) is 7.20. The smallest absolute Gasteiger partial charge is 0.271 e. The monoisotopic (exact) mass is 332 g/mol. The highest BCUT2D eigenvalue weighted by molar-refractivity contribution is 5.97. The molecule has 0 spiro atoms. The minimum Gasteiger partial charge on any atom is -0.478 e. The average molecular weight is 332 g/mol. The third-order valence-electron chi connectivity index (χ3n) is 3.41. The number of nitrogens with zero attached hydrogens (tertiary/aromatic N) is 1. The normalized spacial score (nSPS) is 11.0. The molecular weight excluding hydrogens is 315 g/mol. The molecule has 2 rings (SSSR count). The molecule has 1 N–H and O–H groups in total. The van der Waals surface area contributed by atoms with E-state index < -0.39 is 22.2 Å². The topological polar surface area (TPSA) is 81.5 Å². The van der Waals surface area contributed by atoms with Crippen LogP contribution in [0.5, 0.6) is 5.75 Å². The molecule has 0 aliphatic carbocycles. The van der Waals surface area contributed by atoms with E-state index in [4.69, 9.17) is 4.74 Å². The zero-order valence-electron chi connectivity index (χ0n) is 13.5. The number of rotatable bonds is 5. The maximum absolute atomic E-state index is 12.9. The lowest BCUT2D eigenvalue weighted by molar-refractivity contribution is -0.384. The quantitative estimate of drug-likeness (QED) is 0.666. The summed E-state index contributed by atoms with van der Waals surface area (Å²) in [5, 5.41) is 13.5. The van der Waals surface area contributed by atoms with Crippen molar-refractivity contribution in [3.63, 3.8) is 0 Å². The van der Waals surface area contributed by atoms with Crippen LogP contribution < -0.4 is 10.1 Å². The molecule has 0 unspecified atom stereocenters. The van der Waals surface area contributed by atoms with Crippen molar-refractivity contribution >= 4 is 17.3 Å². The van der Waals surface area contributed by atoms with Gasteiger partial charge in [-0.25, -0.2) is 4.39 Å². The van der Waals surface area contributed by atoms with Gasteiger partial charge in [0.05, 0.1) is 10.6 Å². The summed E-state index contributed by atoms with van der Waals surface area (Å²) >= 11 is 0. The average Bonchev–Trinajstić information content (AvgIpc) is 2.51. The fraction of sp³-hybridized carbons (Fsp3) is 0.235. The summed E-state index contributed by atoms with van der Waals surface area (Å²) in [5.74, 6) is -0.542. The van der Waals surface area contributed by atoms with E-state index in [1.807, 2.05) is 0 Å². The van der Waals surface area contributed by atoms with E-state index in [1.54, 1.807) is 26.8 Å². The van der Waals surface area contributed by atoms with Gasteiger partial charge in [-0.05, 0) is 50.6 Å². The number of non-ortho nitro benzene ring substituents is 1. The number of carbonyl (C=O) groups is 1. The van der Waals surface area contributed by atoms with Crippen LogP contribution in [-0.2, 0) is 4.79 Å². The van der Waals surface area contributed by atoms with E-state index in [1.165, 1.54) is 36.4 Å². The van der Waals surface area contributed by atoms with Crippen LogP contribution in [-0.4, -0.2) is 16.4 Å². The largest absolute Gasteiger partial charge is 0.478 e. The van der Waals surface area contributed by atoms with Gasteiger partial charge in [0.1, 0.15) is 11.6 Å². The van der Waals surface area contributed by atoms with Crippen LogP contribution in [0.1, 0.15) is 19.4 Å². The van der Waals surface area contributed by atoms with Gasteiger partial charge in [-0.2, -0.15) is 0 Å². The van der Waals surface area contributed by atoms with Gasteiger partial charge in [0.2, 0.25) is 0 Å². The molecule has 0 heterocycles. The van der Waals surface area contributed by atoms with Crippen molar-refractivity contribution < 1.29 is 18.8 Å². The Morgan fingerprint density at radius 2 is 1.83 bits per heavy atom. The van der Waals surface area contributed by atoms with E-state index in [-0.39, 0.29) is 5.69 Å². The minimum absolute atomic E-state index is 0.117. The fourth-order valence-corrected chi connectivity index (χ4v) is 1.97. The van der Waals surface area contributed by atoms with Crippen molar-refractivity contribution in [3.05, 3.63) is 64.0 Å². The van der Waals surface area contributed by atoms with Gasteiger partial charge in [0.25, 0.3) is 11.6 Å². The Labute approximate surface area is 138 Å². The molecule has 0 atom stereocenters. The van der Waals surface area contributed by atoms with Gasteiger partial charge in [0.15, 0.2) is 5.60 Å². The van der Waals surface area contributed by atoms with E-state index in [2.05, 4.69) is 5.32 Å². The second kappa shape index (κ2) is 6.66. The first-order valence-corrected chi connectivity index (χ1v) is 7.20. The Hall–Kier alpha value is -2.96. The number of amides is 1. The highest BCUT2D eigenvalue weighted by Gasteiger charge is 2.30. The highest BCUT2D eigenvalue weighted by Crippen LogP contribution is 2.24. The number of anilines is 1. The molecule has 6 nitrogen and oxygen atoms in total. The van der Waals surface area contributed by atoms with Crippen LogP contribution in [0.4, 0.5) is 15.8 Å². The molecule has 126 valence electrons. The molecule has 2 aromatic rings. The van der Waals surface area contributed by atoms with Crippen molar-refractivity contribution in [2.75, 3.05) is 5.32 Å². The second-order valence-electron chi connectivity index (χ2n) is 5.78. The number of nitrogens with one attached hydrogen (secondary N) is 1. The third-order valence-corrected chi connectivity index (χ3v) is 3.41. The molecule has 0 bridgehead atoms. The van der Waals surface area contributed by atoms with Crippen molar-refractivity contribution in [3.8, 4) is 5.75 Å². The Morgan fingerprint density at radius 3 is 2.42 bits per heavy atom. The summed E-state index contributed by atoms with van der Waals surface area (Å²) in [6, 6.07) is 9.52. The third kappa shape index (κ3) is 4.07. The van der Waals surface area contributed by atoms with E-state index in [9.17, 15) is 19.3 Å². The van der Waals surface area contributed by atoms with Gasteiger partial charge >= 0.3 is 0 Å². The molecule has 0 radical (unpaired) electrons. The molecule has 0 saturated carbocycles. The summed E-state index contributed by atoms with van der Waals surface area (Å²) in [4.78, 5) is 22.8. The number of halogens is 1. The van der Waals surface area contributed by atoms with E-state index in [0.29, 0.717) is 17.0 Å². The molecular formula is C17H17FN2O4. The van der Waals surface area contributed by atoms with Crippen LogP contribution in [0, 0.1) is 22.9 Å². The fourth-order valence-electron chi connectivity index (χ4n) is 1.97. The lowest BCUT2D eigenvalue weighted by Gasteiger charge is -2.25. The molecule has 1 amide bonds. The second-order valence-corrected chi connectivity index (χ2v) is 5.78. The van der Waals surface area contributed by atoms with Gasteiger partial charge < -0.3 is 10.1 Å². The van der Waals surface area contributed by atoms with Gasteiger partial charge in [-0.3, -0.25) is 14.9 Å². The number of nitro benzene ring substituents is 1. The lowest BCUT2D eigenvalue weighted by atomic mass is 10.1. The summed E-state index contributed by atoms with van der Waals surface area (Å²) in [5.41, 5.74) is -0.348. The van der Waals surface area contributed by atoms with Gasteiger partial charge in [-0.15, -0.1) is 0 Å². The number of hydrogen-bond donors (Lipinski definition) is 1. The van der Waals surface area contributed by atoms with Crippen LogP contribution in [0.3, 0.4) is 0 Å². The van der Waals surface area contributed by atoms with Gasteiger partial charge in [0, 0.05) is 12.1 Å². The molecule has 0 saturated heterocycles. The lowest BCUT2D eigenvalue weighted by Crippen LogP contribution is -2.42. The van der Waals surface area contributed by atoms with E-state index >= 15 is 0 Å². The molecule has 24 heavy (non-hydrogen) atoms. The van der Waals surface area contributed by atoms with Crippen LogP contribution >= 0.6 is 0 Å². The number of nitro groups is 1. The van der Waals surface area contributed by atoms with Crippen LogP contribution in [0.25, 0.3) is 0 Å². The highest BCUT2D eigenvalue weighted by atomic mass is 19.1. The number of aryl methyl sites for hydroxylation is 1. The summed E-state index contributed by atoms with van der Waals surface area (Å²) < 4.78 is 18.5. The predicted octanol–water partition coefficient (Wildman–Crippen LogP) is 3.84. The predicted molar refractivity (Wildman–Crippen MR) is 87.6 cm³/mol. The minimum atomic E-state index is -1.26. The standard InChI is InChI=1S/C17H17FN2O4/c1-11-4-7-13(20(22)23)10-15(11)19-16(21)17(2,3)24-14-8-5-12(18)6-9-14/h4-10H,1-3H3,(H,19,21). The Balaban J connectivity index is 2.17.